The van der Waals surface area contributed by atoms with Crippen LogP contribution in [0, 0.1) is 5.92 Å². The van der Waals surface area contributed by atoms with Gasteiger partial charge in [0.05, 0.1) is 11.7 Å². The standard InChI is InChI=1S/C9H14ClN3S/c1-2-7(6-4-3-5-6)11-9-8(10)12-14-13-9/h6-7H,2-5H2,1H3,(H,11,13). The van der Waals surface area contributed by atoms with Gasteiger partial charge in [0.15, 0.2) is 11.0 Å². The highest BCUT2D eigenvalue weighted by molar-refractivity contribution is 6.99. The van der Waals surface area contributed by atoms with Crippen LogP contribution in [0.2, 0.25) is 5.15 Å². The lowest BCUT2D eigenvalue weighted by molar-refractivity contribution is 0.270. The van der Waals surface area contributed by atoms with Gasteiger partial charge in [-0.25, -0.2) is 0 Å². The molecule has 5 heteroatoms. The largest absolute Gasteiger partial charge is 0.364 e. The molecule has 1 aliphatic rings. The summed E-state index contributed by atoms with van der Waals surface area (Å²) >= 11 is 7.04. The Balaban J connectivity index is 1.97. The van der Waals surface area contributed by atoms with E-state index in [0.29, 0.717) is 11.2 Å². The quantitative estimate of drug-likeness (QED) is 0.865. The van der Waals surface area contributed by atoms with Crippen LogP contribution in [-0.4, -0.2) is 14.8 Å². The highest BCUT2D eigenvalue weighted by Gasteiger charge is 2.26. The first-order valence-electron chi connectivity index (χ1n) is 5.06. The summed E-state index contributed by atoms with van der Waals surface area (Å²) < 4.78 is 8.07. The van der Waals surface area contributed by atoms with Crippen molar-refractivity contribution < 1.29 is 0 Å². The molecule has 1 aliphatic carbocycles. The van der Waals surface area contributed by atoms with Crippen LogP contribution in [0.5, 0.6) is 0 Å². The zero-order chi connectivity index (χ0) is 9.97. The van der Waals surface area contributed by atoms with E-state index in [-0.39, 0.29) is 0 Å². The predicted octanol–water partition coefficient (Wildman–Crippen LogP) is 3.18. The normalized spacial score (nSPS) is 19.0. The maximum atomic E-state index is 5.88. The maximum absolute atomic E-state index is 5.88. The number of halogens is 1. The van der Waals surface area contributed by atoms with Crippen LogP contribution in [-0.2, 0) is 0 Å². The molecule has 14 heavy (non-hydrogen) atoms. The van der Waals surface area contributed by atoms with Crippen molar-refractivity contribution in [2.45, 2.75) is 38.6 Å². The first-order valence-corrected chi connectivity index (χ1v) is 6.16. The molecule has 0 radical (unpaired) electrons. The fourth-order valence-corrected chi connectivity index (χ4v) is 2.49. The lowest BCUT2D eigenvalue weighted by Crippen LogP contribution is -2.33. The maximum Gasteiger partial charge on any atom is 0.186 e. The van der Waals surface area contributed by atoms with Gasteiger partial charge in [-0.15, -0.1) is 0 Å². The van der Waals surface area contributed by atoms with E-state index in [1.807, 2.05) is 0 Å². The van der Waals surface area contributed by atoms with Crippen molar-refractivity contribution in [3.05, 3.63) is 5.15 Å². The fourth-order valence-electron chi connectivity index (χ4n) is 1.83. The molecule has 1 atom stereocenters. The second-order valence-corrected chi connectivity index (χ2v) is 4.64. The van der Waals surface area contributed by atoms with E-state index in [2.05, 4.69) is 21.0 Å². The van der Waals surface area contributed by atoms with E-state index in [9.17, 15) is 0 Å². The molecule has 78 valence electrons. The van der Waals surface area contributed by atoms with Crippen LogP contribution >= 0.6 is 23.3 Å². The summed E-state index contributed by atoms with van der Waals surface area (Å²) in [5, 5.41) is 3.89. The molecule has 0 spiro atoms. The lowest BCUT2D eigenvalue weighted by Gasteiger charge is -2.33. The topological polar surface area (TPSA) is 37.8 Å². The molecular weight excluding hydrogens is 218 g/mol. The first kappa shape index (κ1) is 10.2. The van der Waals surface area contributed by atoms with Crippen LogP contribution in [0.15, 0.2) is 0 Å². The number of hydrogen-bond acceptors (Lipinski definition) is 4. The highest BCUT2D eigenvalue weighted by atomic mass is 35.5. The average molecular weight is 232 g/mol. The van der Waals surface area contributed by atoms with Gasteiger partial charge >= 0.3 is 0 Å². The van der Waals surface area contributed by atoms with Crippen LogP contribution < -0.4 is 5.32 Å². The van der Waals surface area contributed by atoms with Gasteiger partial charge in [0.25, 0.3) is 0 Å². The van der Waals surface area contributed by atoms with Gasteiger partial charge in [-0.1, -0.05) is 24.9 Å². The fraction of sp³-hybridized carbons (Fsp3) is 0.778. The number of nitrogens with one attached hydrogen (secondary N) is 1. The Labute approximate surface area is 93.2 Å². The number of nitrogens with zero attached hydrogens (tertiary/aromatic N) is 2. The summed E-state index contributed by atoms with van der Waals surface area (Å²) in [5.74, 6) is 1.56. The minimum atomic E-state index is 0.507. The molecule has 0 saturated heterocycles. The van der Waals surface area contributed by atoms with Crippen molar-refractivity contribution in [2.24, 2.45) is 5.92 Å². The zero-order valence-electron chi connectivity index (χ0n) is 8.16. The monoisotopic (exact) mass is 231 g/mol. The molecule has 3 nitrogen and oxygen atoms in total. The number of rotatable bonds is 4. The number of hydrogen-bond donors (Lipinski definition) is 1. The van der Waals surface area contributed by atoms with Crippen molar-refractivity contribution in [3.63, 3.8) is 0 Å². The summed E-state index contributed by atoms with van der Waals surface area (Å²) in [4.78, 5) is 0. The third-order valence-electron chi connectivity index (χ3n) is 2.93. The van der Waals surface area contributed by atoms with E-state index < -0.39 is 0 Å². The molecule has 1 aromatic rings. The van der Waals surface area contributed by atoms with Crippen molar-refractivity contribution >= 4 is 29.1 Å². The van der Waals surface area contributed by atoms with Gasteiger partial charge in [-0.3, -0.25) is 0 Å². The van der Waals surface area contributed by atoms with E-state index in [1.54, 1.807) is 0 Å². The molecule has 1 heterocycles. The van der Waals surface area contributed by atoms with Gasteiger partial charge < -0.3 is 5.32 Å². The summed E-state index contributed by atoms with van der Waals surface area (Å²) in [6.07, 6.45) is 5.16. The number of aromatic nitrogens is 2. The van der Waals surface area contributed by atoms with Gasteiger partial charge in [0, 0.05) is 6.04 Å². The Kier molecular flexibility index (Phi) is 3.23. The molecule has 1 unspecified atom stereocenters. The molecule has 0 bridgehead atoms. The Hall–Kier alpha value is -0.350. The first-order chi connectivity index (χ1) is 6.81. The molecule has 0 amide bonds. The Morgan fingerprint density at radius 3 is 2.79 bits per heavy atom. The van der Waals surface area contributed by atoms with Gasteiger partial charge in [0.2, 0.25) is 0 Å². The van der Waals surface area contributed by atoms with Crippen molar-refractivity contribution in [3.8, 4) is 0 Å². The molecule has 2 rings (SSSR count). The predicted molar refractivity (Wildman–Crippen MR) is 60.0 cm³/mol. The Morgan fingerprint density at radius 1 is 1.57 bits per heavy atom. The molecule has 1 saturated carbocycles. The van der Waals surface area contributed by atoms with Gasteiger partial charge in [0.1, 0.15) is 0 Å². The minimum Gasteiger partial charge on any atom is -0.364 e. The number of anilines is 1. The van der Waals surface area contributed by atoms with Crippen LogP contribution in [0.4, 0.5) is 5.82 Å². The molecular formula is C9H14ClN3S. The molecule has 1 N–H and O–H groups in total. The summed E-state index contributed by atoms with van der Waals surface area (Å²) in [7, 11) is 0. The highest BCUT2D eigenvalue weighted by Crippen LogP contribution is 2.33. The van der Waals surface area contributed by atoms with E-state index in [4.69, 9.17) is 11.6 Å². The lowest BCUT2D eigenvalue weighted by atomic mass is 9.79. The second-order valence-electron chi connectivity index (χ2n) is 3.75. The SMILES string of the molecule is CCC(Nc1nsnc1Cl)C1CCC1. The second kappa shape index (κ2) is 4.45. The van der Waals surface area contributed by atoms with E-state index in [1.165, 1.54) is 19.3 Å². The molecule has 0 aromatic carbocycles. The van der Waals surface area contributed by atoms with E-state index >= 15 is 0 Å². The summed E-state index contributed by atoms with van der Waals surface area (Å²) in [5.41, 5.74) is 0. The average Bonchev–Trinajstić information content (AvgIpc) is 2.47. The zero-order valence-corrected chi connectivity index (χ0v) is 9.74. The van der Waals surface area contributed by atoms with Gasteiger partial charge in [-0.2, -0.15) is 8.75 Å². The van der Waals surface area contributed by atoms with Crippen molar-refractivity contribution in [2.75, 3.05) is 5.32 Å². The van der Waals surface area contributed by atoms with Crippen molar-refractivity contribution in [1.29, 1.82) is 0 Å². The molecule has 1 fully saturated rings. The minimum absolute atomic E-state index is 0.507. The smallest absolute Gasteiger partial charge is 0.186 e. The molecule has 0 aliphatic heterocycles. The third kappa shape index (κ3) is 2.01. The van der Waals surface area contributed by atoms with Crippen LogP contribution in [0.3, 0.4) is 0 Å². The Bertz CT molecular complexity index is 298. The van der Waals surface area contributed by atoms with Gasteiger partial charge in [-0.05, 0) is 25.2 Å². The molecule has 1 aromatic heterocycles. The van der Waals surface area contributed by atoms with E-state index in [0.717, 1.165) is 29.9 Å². The van der Waals surface area contributed by atoms with Crippen LogP contribution in [0.1, 0.15) is 32.6 Å². The van der Waals surface area contributed by atoms with Crippen LogP contribution in [0.25, 0.3) is 0 Å². The Morgan fingerprint density at radius 2 is 2.36 bits per heavy atom. The summed E-state index contributed by atoms with van der Waals surface area (Å²) in [6, 6.07) is 0.519. The summed E-state index contributed by atoms with van der Waals surface area (Å²) in [6.45, 7) is 2.20. The van der Waals surface area contributed by atoms with Crippen molar-refractivity contribution in [1.82, 2.24) is 8.75 Å². The third-order valence-corrected chi connectivity index (χ3v) is 3.82.